The predicted octanol–water partition coefficient (Wildman–Crippen LogP) is 2.63. The molecule has 0 bridgehead atoms. The smallest absolute Gasteiger partial charge is 0.236 e. The molecule has 1 aromatic carbocycles. The first-order valence-corrected chi connectivity index (χ1v) is 7.45. The first kappa shape index (κ1) is 19.2. The normalized spacial score (nSPS) is 17.1. The van der Waals surface area contributed by atoms with Crippen LogP contribution in [-0.4, -0.2) is 43.7 Å². The van der Waals surface area contributed by atoms with Crippen molar-refractivity contribution in [1.82, 2.24) is 10.2 Å². The lowest BCUT2D eigenvalue weighted by Gasteiger charge is -2.19. The highest BCUT2D eigenvalue weighted by molar-refractivity contribution is 6.31. The molecule has 1 unspecified atom stereocenters. The second-order valence-electron chi connectivity index (χ2n) is 5.22. The molecular weight excluding hydrogens is 330 g/mol. The molecule has 1 aliphatic rings. The topological polar surface area (TPSA) is 41.6 Å². The van der Waals surface area contributed by atoms with E-state index < -0.39 is 5.82 Å². The molecule has 4 nitrogen and oxygen atoms in total. The van der Waals surface area contributed by atoms with Crippen molar-refractivity contribution in [1.29, 1.82) is 0 Å². The molecule has 7 heteroatoms. The molecule has 1 fully saturated rings. The average Bonchev–Trinajstić information content (AvgIpc) is 2.96. The lowest BCUT2D eigenvalue weighted by molar-refractivity contribution is -0.129. The van der Waals surface area contributed by atoms with Gasteiger partial charge in [0.1, 0.15) is 5.82 Å². The van der Waals surface area contributed by atoms with Crippen LogP contribution in [-0.2, 0) is 16.1 Å². The van der Waals surface area contributed by atoms with E-state index in [0.717, 1.165) is 19.4 Å². The Morgan fingerprint density at radius 3 is 2.95 bits per heavy atom. The van der Waals surface area contributed by atoms with Crippen molar-refractivity contribution >= 4 is 29.9 Å². The number of halogens is 3. The van der Waals surface area contributed by atoms with Crippen LogP contribution in [0.4, 0.5) is 4.39 Å². The maximum absolute atomic E-state index is 13.7. The summed E-state index contributed by atoms with van der Waals surface area (Å²) in [6.07, 6.45) is 2.30. The van der Waals surface area contributed by atoms with Crippen LogP contribution in [0.5, 0.6) is 0 Å². The zero-order valence-corrected chi connectivity index (χ0v) is 14.1. The minimum absolute atomic E-state index is 0. The quantitative estimate of drug-likeness (QED) is 0.857. The first-order valence-electron chi connectivity index (χ1n) is 7.07. The summed E-state index contributed by atoms with van der Waals surface area (Å²) in [6.45, 7) is 1.83. The number of amides is 1. The van der Waals surface area contributed by atoms with Gasteiger partial charge in [-0.25, -0.2) is 4.39 Å². The molecular formula is C15H21Cl2FN2O2. The van der Waals surface area contributed by atoms with Gasteiger partial charge in [-0.1, -0.05) is 17.7 Å². The van der Waals surface area contributed by atoms with Crippen LogP contribution in [0.1, 0.15) is 18.4 Å². The van der Waals surface area contributed by atoms with Gasteiger partial charge in [-0.15, -0.1) is 12.4 Å². The maximum Gasteiger partial charge on any atom is 0.236 e. The number of ether oxygens (including phenoxy) is 1. The Morgan fingerprint density at radius 2 is 2.32 bits per heavy atom. The van der Waals surface area contributed by atoms with Gasteiger partial charge in [0, 0.05) is 37.3 Å². The Labute approximate surface area is 141 Å². The Bertz CT molecular complexity index is 476. The molecule has 1 N–H and O–H groups in total. The van der Waals surface area contributed by atoms with Crippen molar-refractivity contribution in [2.75, 3.05) is 26.7 Å². The van der Waals surface area contributed by atoms with E-state index in [0.29, 0.717) is 17.1 Å². The largest absolute Gasteiger partial charge is 0.377 e. The minimum Gasteiger partial charge on any atom is -0.377 e. The first-order chi connectivity index (χ1) is 10.1. The summed E-state index contributed by atoms with van der Waals surface area (Å²) in [4.78, 5) is 13.5. The number of nitrogens with zero attached hydrogens (tertiary/aromatic N) is 1. The summed E-state index contributed by atoms with van der Waals surface area (Å²) in [5.74, 6) is -0.498. The van der Waals surface area contributed by atoms with E-state index in [4.69, 9.17) is 16.3 Å². The van der Waals surface area contributed by atoms with E-state index in [-0.39, 0.29) is 37.5 Å². The Kier molecular flexibility index (Phi) is 8.10. The van der Waals surface area contributed by atoms with Crippen molar-refractivity contribution in [3.63, 3.8) is 0 Å². The monoisotopic (exact) mass is 350 g/mol. The van der Waals surface area contributed by atoms with Gasteiger partial charge >= 0.3 is 0 Å². The summed E-state index contributed by atoms with van der Waals surface area (Å²) in [7, 11) is 1.64. The molecule has 1 atom stereocenters. The van der Waals surface area contributed by atoms with Gasteiger partial charge in [-0.05, 0) is 25.0 Å². The van der Waals surface area contributed by atoms with Gasteiger partial charge < -0.3 is 15.0 Å². The highest BCUT2D eigenvalue weighted by Gasteiger charge is 2.17. The summed E-state index contributed by atoms with van der Waals surface area (Å²) >= 11 is 5.96. The fraction of sp³-hybridized carbons (Fsp3) is 0.533. The van der Waals surface area contributed by atoms with Crippen LogP contribution in [0, 0.1) is 5.82 Å². The highest BCUT2D eigenvalue weighted by atomic mass is 35.5. The zero-order chi connectivity index (χ0) is 15.2. The molecule has 1 amide bonds. The van der Waals surface area contributed by atoms with Gasteiger partial charge in [-0.3, -0.25) is 4.79 Å². The summed E-state index contributed by atoms with van der Waals surface area (Å²) in [5.41, 5.74) is 0.342. The molecule has 124 valence electrons. The number of hydrogen-bond donors (Lipinski definition) is 1. The summed E-state index contributed by atoms with van der Waals surface area (Å²) in [6, 6.07) is 4.51. The molecule has 0 aliphatic carbocycles. The molecule has 22 heavy (non-hydrogen) atoms. The van der Waals surface area contributed by atoms with Crippen molar-refractivity contribution in [3.05, 3.63) is 34.6 Å². The predicted molar refractivity (Wildman–Crippen MR) is 87.0 cm³/mol. The number of likely N-dealkylation sites (N-methyl/N-ethyl adjacent to an activating group) is 1. The lowest BCUT2D eigenvalue weighted by Crippen LogP contribution is -2.38. The lowest BCUT2D eigenvalue weighted by atomic mass is 10.2. The van der Waals surface area contributed by atoms with Crippen LogP contribution >= 0.6 is 24.0 Å². The average molecular weight is 351 g/mol. The third-order valence-corrected chi connectivity index (χ3v) is 3.91. The minimum atomic E-state index is -0.394. The zero-order valence-electron chi connectivity index (χ0n) is 12.5. The summed E-state index contributed by atoms with van der Waals surface area (Å²) in [5, 5.41) is 3.42. The van der Waals surface area contributed by atoms with Gasteiger partial charge in [0.25, 0.3) is 0 Å². The van der Waals surface area contributed by atoms with Gasteiger partial charge in [0.05, 0.1) is 12.6 Å². The van der Waals surface area contributed by atoms with Gasteiger partial charge in [0.15, 0.2) is 0 Å². The third-order valence-electron chi connectivity index (χ3n) is 3.55. The second kappa shape index (κ2) is 9.30. The van der Waals surface area contributed by atoms with Crippen LogP contribution < -0.4 is 5.32 Å². The molecule has 2 rings (SSSR count). The number of nitrogens with one attached hydrogen (secondary N) is 1. The molecule has 0 spiro atoms. The molecule has 1 saturated heterocycles. The Balaban J connectivity index is 0.00000242. The Hall–Kier alpha value is -0.880. The van der Waals surface area contributed by atoms with E-state index in [2.05, 4.69) is 5.32 Å². The molecule has 0 radical (unpaired) electrons. The number of carbonyl (C=O) groups is 1. The standard InChI is InChI=1S/C15H20ClFN2O2.ClH/c1-19(10-12-13(16)5-2-6-14(12)17)15(20)9-18-8-11-4-3-7-21-11;/h2,5-6,11,18H,3-4,7-10H2,1H3;1H. The van der Waals surface area contributed by atoms with Crippen LogP contribution in [0.3, 0.4) is 0 Å². The highest BCUT2D eigenvalue weighted by Crippen LogP contribution is 2.20. The fourth-order valence-electron chi connectivity index (χ4n) is 2.29. The number of hydrogen-bond acceptors (Lipinski definition) is 3. The Morgan fingerprint density at radius 1 is 1.55 bits per heavy atom. The van der Waals surface area contributed by atoms with E-state index in [1.165, 1.54) is 11.0 Å². The molecule has 0 aromatic heterocycles. The number of carbonyl (C=O) groups excluding carboxylic acids is 1. The van der Waals surface area contributed by atoms with Gasteiger partial charge in [-0.2, -0.15) is 0 Å². The van der Waals surface area contributed by atoms with Crippen molar-refractivity contribution in [2.45, 2.75) is 25.5 Å². The van der Waals surface area contributed by atoms with Crippen LogP contribution in [0.2, 0.25) is 5.02 Å². The fourth-order valence-corrected chi connectivity index (χ4v) is 2.51. The molecule has 1 aromatic rings. The maximum atomic E-state index is 13.7. The third kappa shape index (κ3) is 5.39. The molecule has 1 aliphatic heterocycles. The van der Waals surface area contributed by atoms with Gasteiger partial charge in [0.2, 0.25) is 5.91 Å². The van der Waals surface area contributed by atoms with Crippen molar-refractivity contribution in [3.8, 4) is 0 Å². The van der Waals surface area contributed by atoms with Crippen molar-refractivity contribution < 1.29 is 13.9 Å². The van der Waals surface area contributed by atoms with E-state index in [1.54, 1.807) is 19.2 Å². The summed E-state index contributed by atoms with van der Waals surface area (Å²) < 4.78 is 19.1. The number of rotatable bonds is 6. The second-order valence-corrected chi connectivity index (χ2v) is 5.62. The van der Waals surface area contributed by atoms with E-state index >= 15 is 0 Å². The van der Waals surface area contributed by atoms with Crippen LogP contribution in [0.25, 0.3) is 0 Å². The molecule has 1 heterocycles. The van der Waals surface area contributed by atoms with E-state index in [9.17, 15) is 9.18 Å². The van der Waals surface area contributed by atoms with Crippen molar-refractivity contribution in [2.24, 2.45) is 0 Å². The molecule has 0 saturated carbocycles. The van der Waals surface area contributed by atoms with E-state index in [1.807, 2.05) is 0 Å². The van der Waals surface area contributed by atoms with Crippen LogP contribution in [0.15, 0.2) is 18.2 Å². The SMILES string of the molecule is CN(Cc1c(F)cccc1Cl)C(=O)CNCC1CCCO1.Cl. The number of benzene rings is 1.